The van der Waals surface area contributed by atoms with E-state index in [4.69, 9.17) is 0 Å². The fraction of sp³-hybridized carbons (Fsp3) is 0.625. The van der Waals surface area contributed by atoms with E-state index in [9.17, 15) is 13.2 Å². The number of nitrogens with one attached hydrogen (secondary N) is 1. The van der Waals surface area contributed by atoms with Crippen molar-refractivity contribution in [3.05, 3.63) is 12.7 Å². The summed E-state index contributed by atoms with van der Waals surface area (Å²) in [7, 11) is -3.28. The standard InChI is InChI=1S/C8H13NO3S/c1-2-5-13(11,12)6-8(10)9-7-3-4-7/h2,7H,1,3-6H2,(H,9,10). The smallest absolute Gasteiger partial charge is 0.235 e. The Morgan fingerprint density at radius 2 is 2.15 bits per heavy atom. The summed E-state index contributed by atoms with van der Waals surface area (Å²) in [5.74, 6) is -0.954. The molecule has 0 heterocycles. The van der Waals surface area contributed by atoms with Crippen molar-refractivity contribution in [2.75, 3.05) is 11.5 Å². The van der Waals surface area contributed by atoms with Gasteiger partial charge in [0.05, 0.1) is 5.75 Å². The van der Waals surface area contributed by atoms with Crippen LogP contribution in [0.2, 0.25) is 0 Å². The molecule has 1 saturated carbocycles. The molecule has 5 heteroatoms. The van der Waals surface area contributed by atoms with Gasteiger partial charge >= 0.3 is 0 Å². The average Bonchev–Trinajstić information content (AvgIpc) is 2.68. The van der Waals surface area contributed by atoms with Crippen molar-refractivity contribution in [3.8, 4) is 0 Å². The summed E-state index contributed by atoms with van der Waals surface area (Å²) < 4.78 is 22.2. The SMILES string of the molecule is C=CCS(=O)(=O)CC(=O)NC1CC1. The first-order valence-corrected chi connectivity index (χ1v) is 5.96. The van der Waals surface area contributed by atoms with Crippen LogP contribution in [-0.2, 0) is 14.6 Å². The first kappa shape index (κ1) is 10.2. The van der Waals surface area contributed by atoms with Crippen LogP contribution in [0.25, 0.3) is 0 Å². The Balaban J connectivity index is 2.36. The lowest BCUT2D eigenvalue weighted by molar-refractivity contribution is -0.118. The third kappa shape index (κ3) is 4.07. The topological polar surface area (TPSA) is 63.2 Å². The maximum atomic E-state index is 11.1. The maximum Gasteiger partial charge on any atom is 0.235 e. The molecule has 13 heavy (non-hydrogen) atoms. The zero-order chi connectivity index (χ0) is 9.90. The quantitative estimate of drug-likeness (QED) is 0.633. The number of hydrogen-bond acceptors (Lipinski definition) is 3. The van der Waals surface area contributed by atoms with Crippen molar-refractivity contribution in [2.45, 2.75) is 18.9 Å². The Kier molecular flexibility index (Phi) is 3.08. The molecule has 1 amide bonds. The minimum atomic E-state index is -3.28. The fourth-order valence-corrected chi connectivity index (χ4v) is 1.90. The van der Waals surface area contributed by atoms with Crippen molar-refractivity contribution in [3.63, 3.8) is 0 Å². The number of carbonyl (C=O) groups excluding carboxylic acids is 1. The summed E-state index contributed by atoms with van der Waals surface area (Å²) in [6.45, 7) is 3.32. The molecule has 1 aliphatic carbocycles. The van der Waals surface area contributed by atoms with Gasteiger partial charge in [0.1, 0.15) is 5.75 Å². The molecule has 1 N–H and O–H groups in total. The maximum absolute atomic E-state index is 11.1. The highest BCUT2D eigenvalue weighted by molar-refractivity contribution is 7.92. The minimum Gasteiger partial charge on any atom is -0.352 e. The highest BCUT2D eigenvalue weighted by Crippen LogP contribution is 2.18. The van der Waals surface area contributed by atoms with Crippen LogP contribution in [0.3, 0.4) is 0 Å². The van der Waals surface area contributed by atoms with E-state index in [2.05, 4.69) is 11.9 Å². The third-order valence-electron chi connectivity index (χ3n) is 1.67. The van der Waals surface area contributed by atoms with Gasteiger partial charge in [-0.1, -0.05) is 6.08 Å². The van der Waals surface area contributed by atoms with E-state index in [1.165, 1.54) is 6.08 Å². The normalized spacial score (nSPS) is 16.6. The second-order valence-corrected chi connectivity index (χ2v) is 5.29. The van der Waals surface area contributed by atoms with E-state index in [1.807, 2.05) is 0 Å². The molecule has 0 unspecified atom stereocenters. The van der Waals surface area contributed by atoms with Gasteiger partial charge in [0.25, 0.3) is 0 Å². The van der Waals surface area contributed by atoms with Crippen LogP contribution < -0.4 is 5.32 Å². The second kappa shape index (κ2) is 3.91. The molecule has 1 fully saturated rings. The molecule has 0 bridgehead atoms. The van der Waals surface area contributed by atoms with E-state index in [0.717, 1.165) is 12.8 Å². The molecule has 0 atom stereocenters. The predicted molar refractivity (Wildman–Crippen MR) is 50.0 cm³/mol. The molecular weight excluding hydrogens is 190 g/mol. The first-order valence-electron chi connectivity index (χ1n) is 4.14. The second-order valence-electron chi connectivity index (χ2n) is 3.19. The molecule has 0 aliphatic heterocycles. The van der Waals surface area contributed by atoms with Crippen LogP contribution in [0.15, 0.2) is 12.7 Å². The molecule has 1 rings (SSSR count). The molecule has 0 aromatic heterocycles. The molecular formula is C8H13NO3S. The van der Waals surface area contributed by atoms with E-state index >= 15 is 0 Å². The zero-order valence-electron chi connectivity index (χ0n) is 7.32. The molecule has 0 radical (unpaired) electrons. The Morgan fingerprint density at radius 3 is 2.62 bits per heavy atom. The molecule has 1 aliphatic rings. The molecule has 0 aromatic carbocycles. The van der Waals surface area contributed by atoms with Crippen LogP contribution in [0.1, 0.15) is 12.8 Å². The van der Waals surface area contributed by atoms with Gasteiger partial charge < -0.3 is 5.32 Å². The monoisotopic (exact) mass is 203 g/mol. The van der Waals surface area contributed by atoms with Gasteiger partial charge in [0.2, 0.25) is 5.91 Å². The van der Waals surface area contributed by atoms with E-state index < -0.39 is 21.5 Å². The summed E-state index contributed by atoms with van der Waals surface area (Å²) in [5.41, 5.74) is 0. The van der Waals surface area contributed by atoms with Crippen molar-refractivity contribution in [2.24, 2.45) is 0 Å². The van der Waals surface area contributed by atoms with Gasteiger partial charge in [0, 0.05) is 6.04 Å². The lowest BCUT2D eigenvalue weighted by Crippen LogP contribution is -2.32. The van der Waals surface area contributed by atoms with Crippen molar-refractivity contribution in [1.82, 2.24) is 5.32 Å². The van der Waals surface area contributed by atoms with Crippen LogP contribution in [0.4, 0.5) is 0 Å². The van der Waals surface area contributed by atoms with Gasteiger partial charge in [-0.3, -0.25) is 4.79 Å². The highest BCUT2D eigenvalue weighted by Gasteiger charge is 2.25. The Hall–Kier alpha value is -0.840. The Bertz CT molecular complexity index is 303. The van der Waals surface area contributed by atoms with E-state index in [1.54, 1.807) is 0 Å². The molecule has 0 saturated heterocycles. The highest BCUT2D eigenvalue weighted by atomic mass is 32.2. The van der Waals surface area contributed by atoms with Crippen LogP contribution >= 0.6 is 0 Å². The van der Waals surface area contributed by atoms with Gasteiger partial charge in [-0.25, -0.2) is 8.42 Å². The Labute approximate surface area is 77.9 Å². The zero-order valence-corrected chi connectivity index (χ0v) is 8.14. The number of amides is 1. The lowest BCUT2D eigenvalue weighted by Gasteiger charge is -2.02. The molecule has 0 spiro atoms. The number of hydrogen-bond donors (Lipinski definition) is 1. The van der Waals surface area contributed by atoms with E-state index in [-0.39, 0.29) is 11.8 Å². The van der Waals surface area contributed by atoms with Gasteiger partial charge in [0.15, 0.2) is 9.84 Å². The molecule has 74 valence electrons. The third-order valence-corrected chi connectivity index (χ3v) is 3.11. The summed E-state index contributed by atoms with van der Waals surface area (Å²) >= 11 is 0. The van der Waals surface area contributed by atoms with Crippen LogP contribution in [0.5, 0.6) is 0 Å². The summed E-state index contributed by atoms with van der Waals surface area (Å²) in [5, 5.41) is 2.62. The van der Waals surface area contributed by atoms with Gasteiger partial charge in [-0.05, 0) is 12.8 Å². The molecule has 4 nitrogen and oxygen atoms in total. The lowest BCUT2D eigenvalue weighted by atomic mass is 10.6. The largest absolute Gasteiger partial charge is 0.352 e. The summed E-state index contributed by atoms with van der Waals surface area (Å²) in [6.07, 6.45) is 3.22. The number of sulfone groups is 1. The molecule has 0 aromatic rings. The number of carbonyl (C=O) groups is 1. The average molecular weight is 203 g/mol. The van der Waals surface area contributed by atoms with Crippen LogP contribution in [-0.4, -0.2) is 31.9 Å². The first-order chi connectivity index (χ1) is 6.03. The van der Waals surface area contributed by atoms with Crippen LogP contribution in [0, 0.1) is 0 Å². The van der Waals surface area contributed by atoms with Crippen molar-refractivity contribution < 1.29 is 13.2 Å². The predicted octanol–water partition coefficient (Wildman–Crippen LogP) is -0.134. The van der Waals surface area contributed by atoms with Crippen molar-refractivity contribution in [1.29, 1.82) is 0 Å². The summed E-state index contributed by atoms with van der Waals surface area (Å²) in [6, 6.07) is 0.214. The van der Waals surface area contributed by atoms with Crippen molar-refractivity contribution >= 4 is 15.7 Å². The minimum absolute atomic E-state index is 0.134. The van der Waals surface area contributed by atoms with Gasteiger partial charge in [-0.15, -0.1) is 6.58 Å². The number of rotatable bonds is 5. The summed E-state index contributed by atoms with van der Waals surface area (Å²) in [4.78, 5) is 11.1. The van der Waals surface area contributed by atoms with E-state index in [0.29, 0.717) is 0 Å². The Morgan fingerprint density at radius 1 is 1.54 bits per heavy atom. The fourth-order valence-electron chi connectivity index (χ4n) is 0.935. The van der Waals surface area contributed by atoms with Gasteiger partial charge in [-0.2, -0.15) is 0 Å².